The van der Waals surface area contributed by atoms with Crippen molar-refractivity contribution in [1.82, 2.24) is 15.1 Å². The van der Waals surface area contributed by atoms with Crippen molar-refractivity contribution in [2.45, 2.75) is 19.5 Å². The molecule has 3 amide bonds. The Kier molecular flexibility index (Phi) is 5.59. The summed E-state index contributed by atoms with van der Waals surface area (Å²) >= 11 is 1.82. The topological polar surface area (TPSA) is 69.7 Å². The molecule has 0 fully saturated rings. The van der Waals surface area contributed by atoms with Crippen LogP contribution in [0.1, 0.15) is 47.1 Å². The van der Waals surface area contributed by atoms with E-state index in [-0.39, 0.29) is 24.3 Å². The van der Waals surface area contributed by atoms with Gasteiger partial charge in [-0.1, -0.05) is 24.3 Å². The van der Waals surface area contributed by atoms with E-state index in [0.29, 0.717) is 23.2 Å². The lowest BCUT2D eigenvalue weighted by molar-refractivity contribution is 0.0642. The van der Waals surface area contributed by atoms with Crippen molar-refractivity contribution >= 4 is 29.1 Å². The number of rotatable bonds is 6. The summed E-state index contributed by atoms with van der Waals surface area (Å²) in [6.07, 6.45) is 1.07. The molecule has 5 rings (SSSR count). The average Bonchev–Trinajstić information content (AvgIpc) is 3.38. The predicted molar refractivity (Wildman–Crippen MR) is 123 cm³/mol. The van der Waals surface area contributed by atoms with Gasteiger partial charge in [0.2, 0.25) is 0 Å². The zero-order valence-corrected chi connectivity index (χ0v) is 18.4. The fourth-order valence-corrected chi connectivity index (χ4v) is 5.19. The van der Waals surface area contributed by atoms with Gasteiger partial charge in [-0.25, -0.2) is 0 Å². The van der Waals surface area contributed by atoms with Crippen LogP contribution >= 0.6 is 11.3 Å². The van der Waals surface area contributed by atoms with Crippen LogP contribution < -0.4 is 5.32 Å². The van der Waals surface area contributed by atoms with Crippen molar-refractivity contribution < 1.29 is 14.4 Å². The molecule has 1 N–H and O–H groups in total. The van der Waals surface area contributed by atoms with Crippen LogP contribution in [0.2, 0.25) is 0 Å². The van der Waals surface area contributed by atoms with Crippen molar-refractivity contribution in [3.63, 3.8) is 0 Å². The van der Waals surface area contributed by atoms with E-state index in [0.717, 1.165) is 31.6 Å². The van der Waals surface area contributed by atoms with Crippen molar-refractivity contribution in [3.05, 3.63) is 92.7 Å². The maximum Gasteiger partial charge on any atom is 0.261 e. The Hall–Kier alpha value is -3.29. The molecule has 162 valence electrons. The van der Waals surface area contributed by atoms with E-state index in [9.17, 15) is 14.4 Å². The standard InChI is InChI=1S/C25H23N3O3S/c29-23(26-10-12-27-11-8-22-19(16-27)9-13-32-22)18-5-3-4-17(14-18)15-28-24(30)20-6-1-2-7-21(20)25(28)31/h1-7,9,13-14H,8,10-12,15-16H2,(H,26,29). The number of nitrogens with one attached hydrogen (secondary N) is 1. The summed E-state index contributed by atoms with van der Waals surface area (Å²) in [5.74, 6) is -0.742. The van der Waals surface area contributed by atoms with E-state index in [2.05, 4.69) is 21.7 Å². The molecule has 0 atom stereocenters. The van der Waals surface area contributed by atoms with Gasteiger partial charge in [-0.2, -0.15) is 0 Å². The molecule has 6 nitrogen and oxygen atoms in total. The monoisotopic (exact) mass is 445 g/mol. The highest BCUT2D eigenvalue weighted by Gasteiger charge is 2.35. The van der Waals surface area contributed by atoms with Crippen LogP contribution in [0.4, 0.5) is 0 Å². The highest BCUT2D eigenvalue weighted by Crippen LogP contribution is 2.25. The largest absolute Gasteiger partial charge is 0.351 e. The number of fused-ring (bicyclic) bond motifs is 2. The molecule has 0 saturated carbocycles. The molecule has 7 heteroatoms. The van der Waals surface area contributed by atoms with Gasteiger partial charge in [0.15, 0.2) is 0 Å². The number of benzene rings is 2. The second kappa shape index (κ2) is 8.68. The Labute approximate surface area is 190 Å². The number of imide groups is 1. The maximum absolute atomic E-state index is 12.7. The molecule has 0 aliphatic carbocycles. The van der Waals surface area contributed by atoms with Crippen molar-refractivity contribution in [2.24, 2.45) is 0 Å². The maximum atomic E-state index is 12.7. The molecule has 2 aliphatic rings. The second-order valence-corrected chi connectivity index (χ2v) is 9.09. The lowest BCUT2D eigenvalue weighted by atomic mass is 10.1. The Morgan fingerprint density at radius 2 is 1.78 bits per heavy atom. The number of thiophene rings is 1. The van der Waals surface area contributed by atoms with E-state index in [1.54, 1.807) is 42.5 Å². The first-order valence-electron chi connectivity index (χ1n) is 10.7. The van der Waals surface area contributed by atoms with Crippen molar-refractivity contribution in [3.8, 4) is 0 Å². The molecule has 32 heavy (non-hydrogen) atoms. The SMILES string of the molecule is O=C(NCCN1CCc2sccc2C1)c1cccc(CN2C(=O)c3ccccc3C2=O)c1. The predicted octanol–water partition coefficient (Wildman–Crippen LogP) is 3.33. The minimum Gasteiger partial charge on any atom is -0.351 e. The van der Waals surface area contributed by atoms with Gasteiger partial charge in [-0.3, -0.25) is 24.2 Å². The third-order valence-corrected chi connectivity index (χ3v) is 7.03. The molecular formula is C25H23N3O3S. The molecule has 0 spiro atoms. The van der Waals surface area contributed by atoms with Crippen LogP contribution in [0.25, 0.3) is 0 Å². The summed E-state index contributed by atoms with van der Waals surface area (Å²) in [4.78, 5) is 42.9. The summed E-state index contributed by atoms with van der Waals surface area (Å²) in [6, 6.07) is 16.1. The van der Waals surface area contributed by atoms with Gasteiger partial charge in [0.25, 0.3) is 17.7 Å². The highest BCUT2D eigenvalue weighted by atomic mass is 32.1. The van der Waals surface area contributed by atoms with Gasteiger partial charge in [-0.15, -0.1) is 11.3 Å². The summed E-state index contributed by atoms with van der Waals surface area (Å²) in [6.45, 7) is 3.46. The minimum atomic E-state index is -0.296. The number of hydrogen-bond donors (Lipinski definition) is 1. The highest BCUT2D eigenvalue weighted by molar-refractivity contribution is 7.10. The van der Waals surface area contributed by atoms with E-state index in [1.807, 2.05) is 17.4 Å². The van der Waals surface area contributed by atoms with Crippen LogP contribution in [0.3, 0.4) is 0 Å². The molecule has 0 bridgehead atoms. The first kappa shape index (κ1) is 20.6. The summed E-state index contributed by atoms with van der Waals surface area (Å²) in [5.41, 5.74) is 3.52. The Morgan fingerprint density at radius 3 is 2.56 bits per heavy atom. The number of hydrogen-bond acceptors (Lipinski definition) is 5. The fourth-order valence-electron chi connectivity index (χ4n) is 4.30. The third-order valence-electron chi connectivity index (χ3n) is 6.01. The average molecular weight is 446 g/mol. The summed E-state index contributed by atoms with van der Waals surface area (Å²) in [7, 11) is 0. The number of carbonyl (C=O) groups excluding carboxylic acids is 3. The van der Waals surface area contributed by atoms with Crippen LogP contribution in [0.5, 0.6) is 0 Å². The molecule has 1 aromatic heterocycles. The van der Waals surface area contributed by atoms with Gasteiger partial charge in [-0.05, 0) is 53.3 Å². The molecule has 0 unspecified atom stereocenters. The minimum absolute atomic E-state index is 0.143. The first-order chi connectivity index (χ1) is 15.6. The van der Waals surface area contributed by atoms with Crippen molar-refractivity contribution in [2.75, 3.05) is 19.6 Å². The zero-order chi connectivity index (χ0) is 22.1. The molecule has 0 saturated heterocycles. The second-order valence-electron chi connectivity index (χ2n) is 8.09. The first-order valence-corrected chi connectivity index (χ1v) is 11.6. The van der Waals surface area contributed by atoms with Gasteiger partial charge in [0, 0.05) is 36.6 Å². The Bertz CT molecular complexity index is 1170. The summed E-state index contributed by atoms with van der Waals surface area (Å²) < 4.78 is 0. The fraction of sp³-hybridized carbons (Fsp3) is 0.240. The number of nitrogens with zero attached hydrogens (tertiary/aromatic N) is 2. The smallest absolute Gasteiger partial charge is 0.261 e. The number of amides is 3. The quantitative estimate of drug-likeness (QED) is 0.591. The van der Waals surface area contributed by atoms with E-state index < -0.39 is 0 Å². The lowest BCUT2D eigenvalue weighted by Crippen LogP contribution is -2.37. The molecule has 0 radical (unpaired) electrons. The van der Waals surface area contributed by atoms with Gasteiger partial charge in [0.05, 0.1) is 17.7 Å². The van der Waals surface area contributed by atoms with Crippen LogP contribution in [0.15, 0.2) is 60.0 Å². The molecule has 3 aromatic rings. The van der Waals surface area contributed by atoms with Gasteiger partial charge >= 0.3 is 0 Å². The summed E-state index contributed by atoms with van der Waals surface area (Å²) in [5, 5.41) is 5.13. The van der Waals surface area contributed by atoms with Crippen molar-refractivity contribution in [1.29, 1.82) is 0 Å². The van der Waals surface area contributed by atoms with E-state index in [1.165, 1.54) is 15.3 Å². The zero-order valence-electron chi connectivity index (χ0n) is 17.5. The molecule has 2 aliphatic heterocycles. The van der Waals surface area contributed by atoms with Gasteiger partial charge < -0.3 is 5.32 Å². The third kappa shape index (κ3) is 3.97. The molecule has 2 aromatic carbocycles. The Balaban J connectivity index is 1.18. The molecular weight excluding hydrogens is 422 g/mol. The lowest BCUT2D eigenvalue weighted by Gasteiger charge is -2.26. The van der Waals surface area contributed by atoms with E-state index >= 15 is 0 Å². The number of carbonyl (C=O) groups is 3. The van der Waals surface area contributed by atoms with Gasteiger partial charge in [0.1, 0.15) is 0 Å². The molecule has 3 heterocycles. The van der Waals surface area contributed by atoms with Crippen LogP contribution in [-0.2, 0) is 19.5 Å². The Morgan fingerprint density at radius 1 is 1.00 bits per heavy atom. The normalized spacial score (nSPS) is 15.6. The van der Waals surface area contributed by atoms with Crippen LogP contribution in [-0.4, -0.2) is 47.2 Å². The van der Waals surface area contributed by atoms with E-state index in [4.69, 9.17) is 0 Å². The van der Waals surface area contributed by atoms with Crippen LogP contribution in [0, 0.1) is 0 Å².